The number of carbonyl (C=O) groups excluding carboxylic acids is 1. The van der Waals surface area contributed by atoms with E-state index >= 15 is 0 Å². The Kier molecular flexibility index (Phi) is 5.83. The fraction of sp³-hybridized carbons (Fsp3) is 0.389. The predicted octanol–water partition coefficient (Wildman–Crippen LogP) is 2.13. The number of hydrogen-bond acceptors (Lipinski definition) is 5. The molecule has 0 radical (unpaired) electrons. The van der Waals surface area contributed by atoms with Crippen LogP contribution in [0.4, 0.5) is 5.95 Å². The molecule has 0 aliphatic carbocycles. The van der Waals surface area contributed by atoms with Gasteiger partial charge in [-0.15, -0.1) is 0 Å². The van der Waals surface area contributed by atoms with Crippen LogP contribution >= 0.6 is 11.6 Å². The normalized spacial score (nSPS) is 16.5. The van der Waals surface area contributed by atoms with Gasteiger partial charge >= 0.3 is 0 Å². The first-order chi connectivity index (χ1) is 12.1. The Bertz CT molecular complexity index is 704. The maximum absolute atomic E-state index is 12.3. The summed E-state index contributed by atoms with van der Waals surface area (Å²) in [5.41, 5.74) is 0.934. The van der Waals surface area contributed by atoms with Gasteiger partial charge in [-0.2, -0.15) is 0 Å². The molecule has 1 saturated heterocycles. The molecule has 0 saturated carbocycles. The molecule has 0 spiro atoms. The van der Waals surface area contributed by atoms with Crippen molar-refractivity contribution in [3.05, 3.63) is 53.3 Å². The third-order valence-electron chi connectivity index (χ3n) is 4.32. The van der Waals surface area contributed by atoms with E-state index < -0.39 is 0 Å². The topological polar surface area (TPSA) is 61.4 Å². The molecule has 1 amide bonds. The van der Waals surface area contributed by atoms with Gasteiger partial charge in [0.15, 0.2) is 0 Å². The zero-order valence-corrected chi connectivity index (χ0v) is 15.0. The SMILES string of the molecule is CC(NC(=O)CN1CCN(c2ncccn2)CC1)c1ccccc1Cl. The van der Waals surface area contributed by atoms with Crippen LogP contribution in [0.2, 0.25) is 5.02 Å². The van der Waals surface area contributed by atoms with Gasteiger partial charge in [-0.3, -0.25) is 9.69 Å². The summed E-state index contributed by atoms with van der Waals surface area (Å²) in [6.07, 6.45) is 3.50. The molecule has 1 unspecified atom stereocenters. The van der Waals surface area contributed by atoms with Crippen LogP contribution in [0.25, 0.3) is 0 Å². The van der Waals surface area contributed by atoms with E-state index in [2.05, 4.69) is 25.1 Å². The summed E-state index contributed by atoms with van der Waals surface area (Å²) in [6, 6.07) is 9.28. The molecule has 25 heavy (non-hydrogen) atoms. The number of rotatable bonds is 5. The summed E-state index contributed by atoms with van der Waals surface area (Å²) in [5, 5.41) is 3.70. The number of piperazine rings is 1. The Morgan fingerprint density at radius 1 is 1.16 bits per heavy atom. The fourth-order valence-corrected chi connectivity index (χ4v) is 3.25. The average Bonchev–Trinajstić information content (AvgIpc) is 2.63. The predicted molar refractivity (Wildman–Crippen MR) is 98.7 cm³/mol. The number of amides is 1. The molecule has 7 heteroatoms. The Morgan fingerprint density at radius 2 is 1.84 bits per heavy atom. The smallest absolute Gasteiger partial charge is 0.234 e. The number of anilines is 1. The van der Waals surface area contributed by atoms with Crippen molar-refractivity contribution in [2.45, 2.75) is 13.0 Å². The lowest BCUT2D eigenvalue weighted by Crippen LogP contribution is -2.50. The lowest BCUT2D eigenvalue weighted by Gasteiger charge is -2.34. The first-order valence-electron chi connectivity index (χ1n) is 8.41. The molecule has 1 aliphatic rings. The van der Waals surface area contributed by atoms with Crippen LogP contribution in [0, 0.1) is 0 Å². The lowest BCUT2D eigenvalue weighted by atomic mass is 10.1. The molecule has 6 nitrogen and oxygen atoms in total. The lowest BCUT2D eigenvalue weighted by molar-refractivity contribution is -0.123. The van der Waals surface area contributed by atoms with Gasteiger partial charge < -0.3 is 10.2 Å². The summed E-state index contributed by atoms with van der Waals surface area (Å²) in [6.45, 7) is 5.59. The van der Waals surface area contributed by atoms with Crippen molar-refractivity contribution in [1.29, 1.82) is 0 Å². The number of nitrogens with one attached hydrogen (secondary N) is 1. The van der Waals surface area contributed by atoms with Crippen LogP contribution in [-0.2, 0) is 4.79 Å². The second kappa shape index (κ2) is 8.27. The van der Waals surface area contributed by atoms with Crippen molar-refractivity contribution in [1.82, 2.24) is 20.2 Å². The molecule has 1 fully saturated rings. The van der Waals surface area contributed by atoms with Crippen molar-refractivity contribution < 1.29 is 4.79 Å². The highest BCUT2D eigenvalue weighted by atomic mass is 35.5. The molecular formula is C18H22ClN5O. The molecular weight excluding hydrogens is 338 g/mol. The molecule has 0 bridgehead atoms. The minimum absolute atomic E-state index is 0.0110. The molecule has 2 aromatic rings. The van der Waals surface area contributed by atoms with E-state index in [0.717, 1.165) is 37.7 Å². The minimum atomic E-state index is -0.111. The van der Waals surface area contributed by atoms with Crippen LogP contribution in [-0.4, -0.2) is 53.5 Å². The highest BCUT2D eigenvalue weighted by molar-refractivity contribution is 6.31. The van der Waals surface area contributed by atoms with Crippen LogP contribution in [0.15, 0.2) is 42.7 Å². The van der Waals surface area contributed by atoms with E-state index in [-0.39, 0.29) is 11.9 Å². The average molecular weight is 360 g/mol. The molecule has 1 N–H and O–H groups in total. The molecule has 1 aromatic carbocycles. The third-order valence-corrected chi connectivity index (χ3v) is 4.67. The second-order valence-corrected chi connectivity index (χ2v) is 6.53. The van der Waals surface area contributed by atoms with Gasteiger partial charge in [-0.05, 0) is 24.6 Å². The van der Waals surface area contributed by atoms with Crippen LogP contribution in [0.1, 0.15) is 18.5 Å². The van der Waals surface area contributed by atoms with E-state index in [9.17, 15) is 4.79 Å². The molecule has 132 valence electrons. The summed E-state index contributed by atoms with van der Waals surface area (Å²) in [7, 11) is 0. The van der Waals surface area contributed by atoms with Crippen molar-refractivity contribution in [3.8, 4) is 0 Å². The Labute approximate surface area is 152 Å². The second-order valence-electron chi connectivity index (χ2n) is 6.12. The van der Waals surface area contributed by atoms with Crippen LogP contribution < -0.4 is 10.2 Å². The van der Waals surface area contributed by atoms with Crippen molar-refractivity contribution in [3.63, 3.8) is 0 Å². The number of halogens is 1. The molecule has 1 aromatic heterocycles. The Balaban J connectivity index is 1.47. The number of nitrogens with zero attached hydrogens (tertiary/aromatic N) is 4. The first-order valence-corrected chi connectivity index (χ1v) is 8.79. The van der Waals surface area contributed by atoms with Crippen molar-refractivity contribution in [2.75, 3.05) is 37.6 Å². The number of carbonyl (C=O) groups is 1. The van der Waals surface area contributed by atoms with Gasteiger partial charge in [0.1, 0.15) is 0 Å². The standard InChI is InChI=1S/C18H22ClN5O/c1-14(15-5-2-3-6-16(15)19)22-17(25)13-23-9-11-24(12-10-23)18-20-7-4-8-21-18/h2-8,14H,9-13H2,1H3,(H,22,25). The van der Waals surface area contributed by atoms with E-state index in [0.29, 0.717) is 11.6 Å². The monoisotopic (exact) mass is 359 g/mol. The van der Waals surface area contributed by atoms with Crippen LogP contribution in [0.5, 0.6) is 0 Å². The largest absolute Gasteiger partial charge is 0.348 e. The van der Waals surface area contributed by atoms with Crippen LogP contribution in [0.3, 0.4) is 0 Å². The summed E-state index contributed by atoms with van der Waals surface area (Å²) >= 11 is 6.19. The van der Waals surface area contributed by atoms with E-state index in [1.54, 1.807) is 12.4 Å². The van der Waals surface area contributed by atoms with Gasteiger partial charge in [-0.25, -0.2) is 9.97 Å². The van der Waals surface area contributed by atoms with Gasteiger partial charge in [0.05, 0.1) is 12.6 Å². The van der Waals surface area contributed by atoms with Gasteiger partial charge in [0.2, 0.25) is 11.9 Å². The minimum Gasteiger partial charge on any atom is -0.348 e. The summed E-state index contributed by atoms with van der Waals surface area (Å²) < 4.78 is 0. The highest BCUT2D eigenvalue weighted by Crippen LogP contribution is 2.22. The zero-order chi connectivity index (χ0) is 17.6. The quantitative estimate of drug-likeness (QED) is 0.886. The van der Waals surface area contributed by atoms with E-state index in [1.807, 2.05) is 37.3 Å². The van der Waals surface area contributed by atoms with Gasteiger partial charge in [0.25, 0.3) is 0 Å². The Morgan fingerprint density at radius 3 is 2.52 bits per heavy atom. The van der Waals surface area contributed by atoms with E-state index in [1.165, 1.54) is 0 Å². The van der Waals surface area contributed by atoms with Crippen molar-refractivity contribution >= 4 is 23.5 Å². The van der Waals surface area contributed by atoms with Gasteiger partial charge in [-0.1, -0.05) is 29.8 Å². The number of aromatic nitrogens is 2. The van der Waals surface area contributed by atoms with Crippen molar-refractivity contribution in [2.24, 2.45) is 0 Å². The maximum Gasteiger partial charge on any atom is 0.234 e. The van der Waals surface area contributed by atoms with E-state index in [4.69, 9.17) is 11.6 Å². The summed E-state index contributed by atoms with van der Waals surface area (Å²) in [4.78, 5) is 25.2. The zero-order valence-electron chi connectivity index (χ0n) is 14.2. The van der Waals surface area contributed by atoms with Gasteiger partial charge in [0, 0.05) is 43.6 Å². The highest BCUT2D eigenvalue weighted by Gasteiger charge is 2.21. The molecule has 2 heterocycles. The Hall–Kier alpha value is -2.18. The first kappa shape index (κ1) is 17.6. The molecule has 1 aliphatic heterocycles. The molecule has 1 atom stereocenters. The maximum atomic E-state index is 12.3. The number of hydrogen-bond donors (Lipinski definition) is 1. The fourth-order valence-electron chi connectivity index (χ4n) is 2.95. The molecule has 3 rings (SSSR count). The number of benzene rings is 1. The summed E-state index contributed by atoms with van der Waals surface area (Å²) in [5.74, 6) is 0.760. The third kappa shape index (κ3) is 4.67.